The minimum Gasteiger partial charge on any atom is -0.504 e. The van der Waals surface area contributed by atoms with E-state index in [0.29, 0.717) is 20.8 Å². The number of furan rings is 1. The molecule has 8 nitrogen and oxygen atoms in total. The van der Waals surface area contributed by atoms with E-state index in [2.05, 4.69) is 17.0 Å². The number of phenols is 1. The highest BCUT2D eigenvalue weighted by atomic mass is 32.2. The van der Waals surface area contributed by atoms with Crippen LogP contribution < -0.4 is 10.5 Å². The Balaban J connectivity index is 1.71. The van der Waals surface area contributed by atoms with Crippen molar-refractivity contribution in [3.8, 4) is 16.4 Å². The zero-order valence-electron chi connectivity index (χ0n) is 15.8. The molecule has 0 aliphatic heterocycles. The number of aliphatic imine (C=N–C) groups is 1. The second kappa shape index (κ2) is 8.26. The first-order chi connectivity index (χ1) is 14.9. The normalized spacial score (nSPS) is 10.9. The van der Waals surface area contributed by atoms with E-state index in [-0.39, 0.29) is 33.9 Å². The van der Waals surface area contributed by atoms with Gasteiger partial charge in [-0.15, -0.1) is 11.3 Å². The third kappa shape index (κ3) is 3.79. The number of carbonyl (C=O) groups is 2. The molecule has 31 heavy (non-hydrogen) atoms. The molecule has 0 aliphatic rings. The van der Waals surface area contributed by atoms with Crippen molar-refractivity contribution < 1.29 is 24.2 Å². The molecule has 5 N–H and O–H groups in total. The van der Waals surface area contributed by atoms with Crippen LogP contribution in [0.2, 0.25) is 0 Å². The molecule has 0 saturated carbocycles. The van der Waals surface area contributed by atoms with Gasteiger partial charge in [0.15, 0.2) is 11.3 Å². The summed E-state index contributed by atoms with van der Waals surface area (Å²) in [6.45, 7) is 3.46. The number of fused-ring (bicyclic) bond motifs is 1. The topological polar surface area (TPSA) is 138 Å². The molecule has 0 saturated heterocycles. The van der Waals surface area contributed by atoms with E-state index in [1.54, 1.807) is 36.4 Å². The van der Waals surface area contributed by atoms with Crippen molar-refractivity contribution in [2.45, 2.75) is 4.90 Å². The largest absolute Gasteiger partial charge is 0.504 e. The number of rotatable bonds is 6. The Hall–Kier alpha value is -3.60. The van der Waals surface area contributed by atoms with E-state index in [9.17, 15) is 19.8 Å². The van der Waals surface area contributed by atoms with E-state index in [4.69, 9.17) is 9.56 Å². The number of carbonyl (C=O) groups excluding carboxylic acids is 1. The summed E-state index contributed by atoms with van der Waals surface area (Å²) < 4.78 is 5.69. The fourth-order valence-electron chi connectivity index (χ4n) is 3.08. The minimum atomic E-state index is -1.22. The summed E-state index contributed by atoms with van der Waals surface area (Å²) in [5, 5.41) is 30.2. The Morgan fingerprint density at radius 2 is 2.03 bits per heavy atom. The van der Waals surface area contributed by atoms with Crippen LogP contribution in [0.5, 0.6) is 5.75 Å². The average molecular weight is 454 g/mol. The lowest BCUT2D eigenvalue weighted by Crippen LogP contribution is -2.14. The number of nitrogens with zero attached hydrogens (tertiary/aromatic N) is 1. The summed E-state index contributed by atoms with van der Waals surface area (Å²) in [5.41, 5.74) is 1.12. The van der Waals surface area contributed by atoms with Crippen LogP contribution in [-0.4, -0.2) is 28.8 Å². The number of nitrogens with one attached hydrogen (secondary N) is 1. The molecule has 0 spiro atoms. The van der Waals surface area contributed by atoms with Crippen molar-refractivity contribution in [3.63, 3.8) is 0 Å². The van der Waals surface area contributed by atoms with Gasteiger partial charge in [-0.25, -0.2) is 4.79 Å². The van der Waals surface area contributed by atoms with Gasteiger partial charge in [-0.1, -0.05) is 12.1 Å². The van der Waals surface area contributed by atoms with Crippen molar-refractivity contribution in [2.24, 2.45) is 10.1 Å². The maximum Gasteiger partial charge on any atom is 0.339 e. The van der Waals surface area contributed by atoms with Crippen LogP contribution >= 0.6 is 23.3 Å². The van der Waals surface area contributed by atoms with Gasteiger partial charge >= 0.3 is 5.97 Å². The average Bonchev–Trinajstić information content (AvgIpc) is 3.38. The minimum absolute atomic E-state index is 0.0447. The van der Waals surface area contributed by atoms with Crippen molar-refractivity contribution in [1.29, 1.82) is 0 Å². The van der Waals surface area contributed by atoms with Gasteiger partial charge in [-0.05, 0) is 49.0 Å². The van der Waals surface area contributed by atoms with Gasteiger partial charge in [0.05, 0.1) is 16.3 Å². The van der Waals surface area contributed by atoms with Gasteiger partial charge in [-0.2, -0.15) is 0 Å². The van der Waals surface area contributed by atoms with Crippen LogP contribution in [0.3, 0.4) is 0 Å². The van der Waals surface area contributed by atoms with Gasteiger partial charge in [-0.3, -0.25) is 14.9 Å². The van der Waals surface area contributed by atoms with Gasteiger partial charge in [0, 0.05) is 21.2 Å². The summed E-state index contributed by atoms with van der Waals surface area (Å²) in [6, 6.07) is 11.2. The first kappa shape index (κ1) is 20.7. The van der Waals surface area contributed by atoms with E-state index in [0.717, 1.165) is 23.3 Å². The molecule has 156 valence electrons. The number of anilines is 1. The number of carboxylic acids is 1. The van der Waals surface area contributed by atoms with Crippen LogP contribution in [0, 0.1) is 0 Å². The number of carboxylic acid groups (broad SMARTS) is 1. The SMILES string of the molecule is C=Nc1ccc(C(=O)Nc2csc(-c3cc4cccc(O)c4o3)c2C(=O)O)cc1SN. The number of aromatic carboxylic acids is 1. The molecular weight excluding hydrogens is 438 g/mol. The van der Waals surface area contributed by atoms with Crippen molar-refractivity contribution in [1.82, 2.24) is 0 Å². The maximum atomic E-state index is 12.7. The molecule has 2 aromatic heterocycles. The second-order valence-electron chi connectivity index (χ2n) is 6.38. The Labute approximate surface area is 184 Å². The molecule has 0 atom stereocenters. The lowest BCUT2D eigenvalue weighted by molar-refractivity contribution is 0.0699. The number of hydrogen-bond donors (Lipinski definition) is 4. The number of para-hydroxylation sites is 1. The number of amides is 1. The number of thiophene rings is 1. The Morgan fingerprint density at radius 1 is 1.23 bits per heavy atom. The zero-order valence-corrected chi connectivity index (χ0v) is 17.4. The first-order valence-corrected chi connectivity index (χ1v) is 10.5. The van der Waals surface area contributed by atoms with E-state index in [1.807, 2.05) is 0 Å². The summed E-state index contributed by atoms with van der Waals surface area (Å²) in [7, 11) is 0. The lowest BCUT2D eigenvalue weighted by atomic mass is 10.1. The van der Waals surface area contributed by atoms with Crippen LogP contribution in [0.25, 0.3) is 21.6 Å². The Morgan fingerprint density at radius 3 is 2.71 bits per heavy atom. The maximum absolute atomic E-state index is 12.7. The standard InChI is InChI=1S/C21H15N3O5S2/c1-23-12-6-5-11(8-16(12)31-22)20(26)24-13-9-30-19(17(13)21(27)28)15-7-10-3-2-4-14(25)18(10)29-15/h2-9,25H,1,22H2,(H,24,26)(H,27,28). The fourth-order valence-corrected chi connectivity index (χ4v) is 4.47. The summed E-state index contributed by atoms with van der Waals surface area (Å²) in [4.78, 5) is 29.4. The third-order valence-corrected chi connectivity index (χ3v) is 6.10. The number of hydrogen-bond acceptors (Lipinski definition) is 8. The molecule has 10 heteroatoms. The molecule has 1 amide bonds. The van der Waals surface area contributed by atoms with Gasteiger partial charge < -0.3 is 19.9 Å². The molecule has 0 radical (unpaired) electrons. The highest BCUT2D eigenvalue weighted by molar-refractivity contribution is 7.97. The number of benzene rings is 2. The highest BCUT2D eigenvalue weighted by Gasteiger charge is 2.24. The van der Waals surface area contributed by atoms with Gasteiger partial charge in [0.25, 0.3) is 5.91 Å². The van der Waals surface area contributed by atoms with E-state index < -0.39 is 11.9 Å². The Bertz CT molecular complexity index is 1340. The molecular formula is C21H15N3O5S2. The van der Waals surface area contributed by atoms with Crippen LogP contribution in [-0.2, 0) is 0 Å². The lowest BCUT2D eigenvalue weighted by Gasteiger charge is -2.08. The predicted octanol–water partition coefficient (Wildman–Crippen LogP) is 5.12. The summed E-state index contributed by atoms with van der Waals surface area (Å²) >= 11 is 2.04. The zero-order chi connectivity index (χ0) is 22.1. The molecule has 4 rings (SSSR count). The number of aromatic hydroxyl groups is 1. The molecule has 0 unspecified atom stereocenters. The van der Waals surface area contributed by atoms with Crippen molar-refractivity contribution in [2.75, 3.05) is 5.32 Å². The second-order valence-corrected chi connectivity index (χ2v) is 7.93. The fraction of sp³-hybridized carbons (Fsp3) is 0. The first-order valence-electron chi connectivity index (χ1n) is 8.78. The molecule has 0 fully saturated rings. The van der Waals surface area contributed by atoms with Crippen LogP contribution in [0.1, 0.15) is 20.7 Å². The van der Waals surface area contributed by atoms with Crippen molar-refractivity contribution >= 4 is 64.2 Å². The van der Waals surface area contributed by atoms with Crippen LogP contribution in [0.4, 0.5) is 11.4 Å². The summed E-state index contributed by atoms with van der Waals surface area (Å²) in [6.07, 6.45) is 0. The smallest absolute Gasteiger partial charge is 0.339 e. The van der Waals surface area contributed by atoms with E-state index in [1.165, 1.54) is 11.4 Å². The summed E-state index contributed by atoms with van der Waals surface area (Å²) in [5.74, 6) is -1.49. The molecule has 0 aliphatic carbocycles. The van der Waals surface area contributed by atoms with Gasteiger partial charge in [0.2, 0.25) is 0 Å². The van der Waals surface area contributed by atoms with Crippen LogP contribution in [0.15, 0.2) is 62.1 Å². The monoisotopic (exact) mass is 453 g/mol. The number of nitrogens with two attached hydrogens (primary N) is 1. The molecule has 0 bridgehead atoms. The molecule has 4 aromatic rings. The predicted molar refractivity (Wildman–Crippen MR) is 122 cm³/mol. The van der Waals surface area contributed by atoms with Gasteiger partial charge in [0.1, 0.15) is 11.3 Å². The quantitative estimate of drug-likeness (QED) is 0.235. The highest BCUT2D eigenvalue weighted by Crippen LogP contribution is 2.40. The van der Waals surface area contributed by atoms with E-state index >= 15 is 0 Å². The van der Waals surface area contributed by atoms with Crippen molar-refractivity contribution in [3.05, 3.63) is 59.0 Å². The molecule has 2 heterocycles. The molecule has 2 aromatic carbocycles. The Kier molecular flexibility index (Phi) is 5.51. The third-order valence-electron chi connectivity index (χ3n) is 4.52. The number of phenolic OH excluding ortho intramolecular Hbond substituents is 1.